The molecule has 4 aromatic rings. The minimum atomic E-state index is -0.399. The molecule has 2 aromatic carbocycles. The third-order valence-electron chi connectivity index (χ3n) is 4.71. The molecule has 1 N–H and O–H groups in total. The number of phenolic OH excluding ortho intramolecular Hbond substituents is 1. The molecule has 0 radical (unpaired) electrons. The monoisotopic (exact) mass is 385 g/mol. The number of hydrogen-bond acceptors (Lipinski definition) is 4. The maximum atomic E-state index is 13.4. The van der Waals surface area contributed by atoms with E-state index in [2.05, 4.69) is 0 Å². The van der Waals surface area contributed by atoms with Crippen molar-refractivity contribution in [3.05, 3.63) is 95.8 Å². The van der Waals surface area contributed by atoms with Gasteiger partial charge in [-0.15, -0.1) is 0 Å². The summed E-state index contributed by atoms with van der Waals surface area (Å²) in [6.07, 6.45) is 1.71. The van der Waals surface area contributed by atoms with Crippen molar-refractivity contribution in [2.24, 2.45) is 0 Å². The van der Waals surface area contributed by atoms with Crippen molar-refractivity contribution < 1.29 is 19.4 Å². The van der Waals surface area contributed by atoms with Gasteiger partial charge in [-0.2, -0.15) is 0 Å². The summed E-state index contributed by atoms with van der Waals surface area (Å²) in [6.45, 7) is 2.06. The second kappa shape index (κ2) is 7.64. The van der Waals surface area contributed by atoms with Crippen LogP contribution in [0.5, 0.6) is 5.75 Å². The third-order valence-corrected chi connectivity index (χ3v) is 4.71. The van der Waals surface area contributed by atoms with Crippen molar-refractivity contribution in [3.8, 4) is 16.9 Å². The van der Waals surface area contributed by atoms with Crippen LogP contribution in [-0.4, -0.2) is 27.9 Å². The van der Waals surface area contributed by atoms with Crippen molar-refractivity contribution in [2.75, 3.05) is 6.61 Å². The zero-order chi connectivity index (χ0) is 20.4. The first-order valence-corrected chi connectivity index (χ1v) is 9.30. The number of aromatic hydroxyl groups is 1. The zero-order valence-corrected chi connectivity index (χ0v) is 15.8. The molecule has 0 saturated carbocycles. The number of carbonyl (C=O) groups excluding carboxylic acids is 2. The van der Waals surface area contributed by atoms with E-state index >= 15 is 0 Å². The highest BCUT2D eigenvalue weighted by molar-refractivity contribution is 6.13. The molecule has 0 fully saturated rings. The molecule has 5 nitrogen and oxygen atoms in total. The fraction of sp³-hybridized carbons (Fsp3) is 0.0833. The summed E-state index contributed by atoms with van der Waals surface area (Å²) < 4.78 is 6.87. The van der Waals surface area contributed by atoms with Crippen LogP contribution in [0.25, 0.3) is 16.6 Å². The predicted octanol–water partition coefficient (Wildman–Crippen LogP) is 4.72. The number of carbonyl (C=O) groups is 2. The molecule has 29 heavy (non-hydrogen) atoms. The molecule has 0 aliphatic heterocycles. The Hall–Kier alpha value is -3.86. The summed E-state index contributed by atoms with van der Waals surface area (Å²) in [5, 5.41) is 9.54. The van der Waals surface area contributed by atoms with E-state index in [0.717, 1.165) is 16.6 Å². The molecule has 2 aromatic heterocycles. The summed E-state index contributed by atoms with van der Waals surface area (Å²) in [5.41, 5.74) is 3.78. The summed E-state index contributed by atoms with van der Waals surface area (Å²) >= 11 is 0. The number of hydrogen-bond donors (Lipinski definition) is 1. The van der Waals surface area contributed by atoms with E-state index in [1.807, 2.05) is 36.4 Å². The van der Waals surface area contributed by atoms with Crippen LogP contribution in [0.1, 0.15) is 33.3 Å². The van der Waals surface area contributed by atoms with Crippen molar-refractivity contribution >= 4 is 17.3 Å². The Balaban J connectivity index is 1.91. The Labute approximate surface area is 167 Å². The van der Waals surface area contributed by atoms with Gasteiger partial charge in [0.2, 0.25) is 5.78 Å². The molecule has 0 spiro atoms. The summed E-state index contributed by atoms with van der Waals surface area (Å²) in [4.78, 5) is 25.5. The number of benzene rings is 2. The highest BCUT2D eigenvalue weighted by Gasteiger charge is 2.21. The average molecular weight is 385 g/mol. The number of fused-ring (bicyclic) bond motifs is 1. The lowest BCUT2D eigenvalue weighted by atomic mass is 10.0. The van der Waals surface area contributed by atoms with Crippen molar-refractivity contribution in [3.63, 3.8) is 0 Å². The van der Waals surface area contributed by atoms with Crippen LogP contribution in [-0.2, 0) is 4.74 Å². The Kier molecular flexibility index (Phi) is 4.87. The third kappa shape index (κ3) is 3.50. The van der Waals surface area contributed by atoms with Gasteiger partial charge in [0.05, 0.1) is 12.2 Å². The molecule has 0 unspecified atom stereocenters. The van der Waals surface area contributed by atoms with E-state index in [-0.39, 0.29) is 11.5 Å². The number of aromatic nitrogens is 1. The van der Waals surface area contributed by atoms with Gasteiger partial charge in [-0.05, 0) is 55.0 Å². The van der Waals surface area contributed by atoms with E-state index in [1.54, 1.807) is 41.8 Å². The van der Waals surface area contributed by atoms with E-state index in [1.165, 1.54) is 12.1 Å². The lowest BCUT2D eigenvalue weighted by Gasteiger charge is -2.08. The lowest BCUT2D eigenvalue weighted by molar-refractivity contribution is 0.0526. The number of ketones is 1. The van der Waals surface area contributed by atoms with Gasteiger partial charge < -0.3 is 14.2 Å². The van der Waals surface area contributed by atoms with Crippen LogP contribution >= 0.6 is 0 Å². The van der Waals surface area contributed by atoms with Crippen LogP contribution < -0.4 is 0 Å². The number of pyridine rings is 1. The van der Waals surface area contributed by atoms with Crippen LogP contribution in [0.2, 0.25) is 0 Å². The first-order chi connectivity index (χ1) is 14.1. The molecule has 5 heteroatoms. The molecule has 144 valence electrons. The number of phenols is 1. The Bertz CT molecular complexity index is 1190. The molecule has 0 saturated heterocycles. The van der Waals surface area contributed by atoms with E-state index in [4.69, 9.17) is 4.74 Å². The maximum absolute atomic E-state index is 13.4. The van der Waals surface area contributed by atoms with Crippen LogP contribution in [0, 0.1) is 0 Å². The average Bonchev–Trinajstić information content (AvgIpc) is 3.13. The molecule has 0 aliphatic carbocycles. The molecule has 4 rings (SSSR count). The second-order valence-electron chi connectivity index (χ2n) is 6.58. The minimum Gasteiger partial charge on any atom is -0.508 e. The second-order valence-corrected chi connectivity index (χ2v) is 6.58. The first-order valence-electron chi connectivity index (χ1n) is 9.30. The molecule has 0 aliphatic rings. The number of rotatable bonds is 5. The largest absolute Gasteiger partial charge is 0.508 e. The van der Waals surface area contributed by atoms with Gasteiger partial charge in [0.15, 0.2) is 0 Å². The highest BCUT2D eigenvalue weighted by Crippen LogP contribution is 2.30. The number of ether oxygens (including phenoxy) is 1. The maximum Gasteiger partial charge on any atom is 0.338 e. The van der Waals surface area contributed by atoms with Crippen LogP contribution in [0.15, 0.2) is 79.0 Å². The van der Waals surface area contributed by atoms with E-state index in [9.17, 15) is 14.7 Å². The molecular weight excluding hydrogens is 366 g/mol. The minimum absolute atomic E-state index is 0.101. The van der Waals surface area contributed by atoms with Gasteiger partial charge >= 0.3 is 5.97 Å². The summed E-state index contributed by atoms with van der Waals surface area (Å²) in [5.74, 6) is -0.472. The quantitative estimate of drug-likeness (QED) is 0.399. The van der Waals surface area contributed by atoms with E-state index < -0.39 is 5.97 Å². The first kappa shape index (κ1) is 18.5. The smallest absolute Gasteiger partial charge is 0.338 e. The van der Waals surface area contributed by atoms with Gasteiger partial charge in [-0.1, -0.05) is 30.3 Å². The van der Waals surface area contributed by atoms with Gasteiger partial charge in [0, 0.05) is 22.8 Å². The predicted molar refractivity (Wildman–Crippen MR) is 110 cm³/mol. The van der Waals surface area contributed by atoms with Gasteiger partial charge in [0.1, 0.15) is 11.4 Å². The Morgan fingerprint density at radius 1 is 0.931 bits per heavy atom. The number of nitrogens with zero attached hydrogens (tertiary/aromatic N) is 1. The molecule has 0 atom stereocenters. The Morgan fingerprint density at radius 2 is 1.66 bits per heavy atom. The fourth-order valence-corrected chi connectivity index (χ4v) is 3.34. The standard InChI is InChI=1S/C24H19NO4/c1-2-29-24(28)18-12-13-25-19(14-18)15-21(16-6-4-3-5-7-16)22(25)23(27)17-8-10-20(26)11-9-17/h3-15,26H,2H2,1H3. The lowest BCUT2D eigenvalue weighted by Crippen LogP contribution is -2.08. The zero-order valence-electron chi connectivity index (χ0n) is 15.8. The van der Waals surface area contributed by atoms with Gasteiger partial charge in [0.25, 0.3) is 0 Å². The van der Waals surface area contributed by atoms with Crippen LogP contribution in [0.3, 0.4) is 0 Å². The van der Waals surface area contributed by atoms with Crippen molar-refractivity contribution in [1.29, 1.82) is 0 Å². The van der Waals surface area contributed by atoms with Crippen molar-refractivity contribution in [1.82, 2.24) is 4.40 Å². The molecule has 0 amide bonds. The summed E-state index contributed by atoms with van der Waals surface area (Å²) in [7, 11) is 0. The van der Waals surface area contributed by atoms with Gasteiger partial charge in [-0.3, -0.25) is 4.79 Å². The van der Waals surface area contributed by atoms with Gasteiger partial charge in [-0.25, -0.2) is 4.79 Å². The van der Waals surface area contributed by atoms with Crippen LogP contribution in [0.4, 0.5) is 0 Å². The topological polar surface area (TPSA) is 68.0 Å². The van der Waals surface area contributed by atoms with E-state index in [0.29, 0.717) is 23.4 Å². The normalized spacial score (nSPS) is 10.8. The molecule has 0 bridgehead atoms. The van der Waals surface area contributed by atoms with Crippen molar-refractivity contribution in [2.45, 2.75) is 6.92 Å². The SMILES string of the molecule is CCOC(=O)c1ccn2c(C(=O)c3ccc(O)cc3)c(-c3ccccc3)cc2c1. The molecular formula is C24H19NO4. The molecule has 2 heterocycles. The highest BCUT2D eigenvalue weighted by atomic mass is 16.5. The number of esters is 1. The fourth-order valence-electron chi connectivity index (χ4n) is 3.34. The summed E-state index contributed by atoms with van der Waals surface area (Å²) in [6, 6.07) is 21.1. The Morgan fingerprint density at radius 3 is 2.34 bits per heavy atom.